The van der Waals surface area contributed by atoms with Crippen molar-refractivity contribution >= 4 is 40.7 Å². The lowest BCUT2D eigenvalue weighted by Gasteiger charge is -2.45. The van der Waals surface area contributed by atoms with Gasteiger partial charge in [0.25, 0.3) is 0 Å². The Kier molecular flexibility index (Phi) is 7.56. The molecule has 2 saturated heterocycles. The van der Waals surface area contributed by atoms with Crippen LogP contribution in [0.4, 0.5) is 10.1 Å². The maximum Gasteiger partial charge on any atom is 0.241 e. The Morgan fingerprint density at radius 1 is 1.21 bits per heavy atom. The zero-order valence-corrected chi connectivity index (χ0v) is 20.8. The van der Waals surface area contributed by atoms with Gasteiger partial charge in [-0.05, 0) is 66.9 Å². The molecule has 2 aromatic carbocycles. The number of benzene rings is 2. The number of thioether (sulfide) groups is 1. The molecule has 2 aliphatic rings. The van der Waals surface area contributed by atoms with E-state index >= 15 is 0 Å². The Labute approximate surface area is 205 Å². The van der Waals surface area contributed by atoms with E-state index in [1.165, 1.54) is 12.1 Å². The Hall–Kier alpha value is -2.16. The van der Waals surface area contributed by atoms with Gasteiger partial charge in [-0.1, -0.05) is 30.3 Å². The zero-order chi connectivity index (χ0) is 23.4. The largest absolute Gasteiger partial charge is 0.349 e. The molecule has 176 valence electrons. The number of anilines is 1. The molecule has 2 aromatic rings. The van der Waals surface area contributed by atoms with Gasteiger partial charge in [0.15, 0.2) is 5.11 Å². The maximum atomic E-state index is 13.4. The predicted octanol–water partition coefficient (Wildman–Crippen LogP) is 4.38. The molecular formula is C25H31FN4OS2. The quantitative estimate of drug-likeness (QED) is 0.591. The standard InChI is InChI=1S/C25H31FN4OS2/c1-18-5-3-4-6-21(18)27-24(32)29-14-12-25(13-15-29)28-22(11-16-33-2)23(31)30(25)17-19-7-9-20(26)10-8-19/h3-10,22,28H,11-17H2,1-2H3,(H,27,32). The van der Waals surface area contributed by atoms with E-state index in [1.807, 2.05) is 23.1 Å². The highest BCUT2D eigenvalue weighted by molar-refractivity contribution is 7.98. The summed E-state index contributed by atoms with van der Waals surface area (Å²) in [5, 5.41) is 7.78. The van der Waals surface area contributed by atoms with Crippen LogP contribution in [0.5, 0.6) is 0 Å². The van der Waals surface area contributed by atoms with Gasteiger partial charge in [-0.3, -0.25) is 10.1 Å². The SMILES string of the molecule is CSCCC1NC2(CCN(C(=S)Nc3ccccc3C)CC2)N(Cc2ccc(F)cc2)C1=O. The average molecular weight is 487 g/mol. The van der Waals surface area contributed by atoms with Crippen molar-refractivity contribution in [1.29, 1.82) is 0 Å². The summed E-state index contributed by atoms with van der Waals surface area (Å²) in [5.41, 5.74) is 2.71. The topological polar surface area (TPSA) is 47.6 Å². The first kappa shape index (κ1) is 24.0. The molecule has 2 aliphatic heterocycles. The minimum atomic E-state index is -0.399. The van der Waals surface area contributed by atoms with E-state index in [2.05, 4.69) is 34.8 Å². The number of para-hydroxylation sites is 1. The van der Waals surface area contributed by atoms with Crippen molar-refractivity contribution in [3.8, 4) is 0 Å². The Bertz CT molecular complexity index is 992. The summed E-state index contributed by atoms with van der Waals surface area (Å²) in [4.78, 5) is 17.6. The summed E-state index contributed by atoms with van der Waals surface area (Å²) >= 11 is 7.46. The van der Waals surface area contributed by atoms with Crippen LogP contribution in [0.2, 0.25) is 0 Å². The third-order valence-electron chi connectivity index (χ3n) is 6.65. The molecular weight excluding hydrogens is 455 g/mol. The minimum Gasteiger partial charge on any atom is -0.349 e. The first-order valence-electron chi connectivity index (χ1n) is 11.4. The molecule has 5 nitrogen and oxygen atoms in total. The number of nitrogens with one attached hydrogen (secondary N) is 2. The van der Waals surface area contributed by atoms with Gasteiger partial charge < -0.3 is 15.1 Å². The van der Waals surface area contributed by atoms with E-state index in [1.54, 1.807) is 23.9 Å². The number of halogens is 1. The van der Waals surface area contributed by atoms with Gasteiger partial charge in [0.1, 0.15) is 5.82 Å². The number of carbonyl (C=O) groups excluding carboxylic acids is 1. The van der Waals surface area contributed by atoms with Crippen LogP contribution >= 0.6 is 24.0 Å². The lowest BCUT2D eigenvalue weighted by Crippen LogP contribution is -2.59. The fourth-order valence-electron chi connectivity index (χ4n) is 4.70. The minimum absolute atomic E-state index is 0.141. The van der Waals surface area contributed by atoms with Gasteiger partial charge >= 0.3 is 0 Å². The van der Waals surface area contributed by atoms with Crippen molar-refractivity contribution in [2.45, 2.75) is 44.4 Å². The molecule has 2 heterocycles. The van der Waals surface area contributed by atoms with E-state index in [0.717, 1.165) is 54.9 Å². The molecule has 0 radical (unpaired) electrons. The Morgan fingerprint density at radius 3 is 2.58 bits per heavy atom. The van der Waals surface area contributed by atoms with Crippen LogP contribution in [0.25, 0.3) is 0 Å². The third kappa shape index (κ3) is 5.34. The second kappa shape index (κ2) is 10.4. The van der Waals surface area contributed by atoms with Gasteiger partial charge in [-0.15, -0.1) is 0 Å². The van der Waals surface area contributed by atoms with Crippen LogP contribution in [-0.4, -0.2) is 57.6 Å². The Balaban J connectivity index is 1.47. The average Bonchev–Trinajstić information content (AvgIpc) is 3.06. The number of rotatable bonds is 6. The van der Waals surface area contributed by atoms with E-state index in [4.69, 9.17) is 12.2 Å². The summed E-state index contributed by atoms with van der Waals surface area (Å²) in [6.45, 7) is 4.06. The van der Waals surface area contributed by atoms with Crippen molar-refractivity contribution in [3.63, 3.8) is 0 Å². The fraction of sp³-hybridized carbons (Fsp3) is 0.440. The fourth-order valence-corrected chi connectivity index (χ4v) is 5.46. The summed E-state index contributed by atoms with van der Waals surface area (Å²) in [5.74, 6) is 0.808. The lowest BCUT2D eigenvalue weighted by molar-refractivity contribution is -0.134. The molecule has 1 unspecified atom stereocenters. The highest BCUT2D eigenvalue weighted by atomic mass is 32.2. The number of carbonyl (C=O) groups is 1. The molecule has 0 saturated carbocycles. The number of amides is 1. The number of thiocarbonyl (C=S) groups is 1. The summed E-state index contributed by atoms with van der Waals surface area (Å²) in [7, 11) is 0. The molecule has 0 bridgehead atoms. The van der Waals surface area contributed by atoms with Crippen LogP contribution in [0.3, 0.4) is 0 Å². The predicted molar refractivity (Wildman–Crippen MR) is 138 cm³/mol. The molecule has 2 fully saturated rings. The summed E-state index contributed by atoms with van der Waals surface area (Å²) in [6.07, 6.45) is 4.43. The first-order valence-corrected chi connectivity index (χ1v) is 13.2. The van der Waals surface area contributed by atoms with Crippen molar-refractivity contribution in [1.82, 2.24) is 15.1 Å². The number of hydrogen-bond acceptors (Lipinski definition) is 4. The summed E-state index contributed by atoms with van der Waals surface area (Å²) < 4.78 is 13.4. The van der Waals surface area contributed by atoms with Crippen molar-refractivity contribution in [2.75, 3.05) is 30.4 Å². The van der Waals surface area contributed by atoms with E-state index in [0.29, 0.717) is 11.7 Å². The Morgan fingerprint density at radius 2 is 1.91 bits per heavy atom. The summed E-state index contributed by atoms with van der Waals surface area (Å²) in [6, 6.07) is 14.4. The van der Waals surface area contributed by atoms with Crippen molar-refractivity contribution in [2.24, 2.45) is 0 Å². The number of likely N-dealkylation sites (tertiary alicyclic amines) is 1. The van der Waals surface area contributed by atoms with Gasteiger partial charge in [-0.25, -0.2) is 4.39 Å². The molecule has 1 atom stereocenters. The number of nitrogens with zero attached hydrogens (tertiary/aromatic N) is 2. The molecule has 8 heteroatoms. The monoisotopic (exact) mass is 486 g/mol. The number of piperidine rings is 1. The van der Waals surface area contributed by atoms with Gasteiger partial charge in [0.05, 0.1) is 11.7 Å². The van der Waals surface area contributed by atoms with Gasteiger partial charge in [0.2, 0.25) is 5.91 Å². The molecule has 2 N–H and O–H groups in total. The molecule has 0 aromatic heterocycles. The van der Waals surface area contributed by atoms with Gasteiger partial charge in [0, 0.05) is 38.2 Å². The molecule has 1 spiro atoms. The van der Waals surface area contributed by atoms with Crippen LogP contribution in [-0.2, 0) is 11.3 Å². The lowest BCUT2D eigenvalue weighted by atomic mass is 9.95. The van der Waals surface area contributed by atoms with Crippen LogP contribution < -0.4 is 10.6 Å². The third-order valence-corrected chi connectivity index (χ3v) is 7.66. The maximum absolute atomic E-state index is 13.4. The van der Waals surface area contributed by atoms with E-state index < -0.39 is 5.66 Å². The molecule has 4 rings (SSSR count). The zero-order valence-electron chi connectivity index (χ0n) is 19.1. The highest BCUT2D eigenvalue weighted by Gasteiger charge is 2.51. The van der Waals surface area contributed by atoms with Crippen LogP contribution in [0.15, 0.2) is 48.5 Å². The van der Waals surface area contributed by atoms with Crippen molar-refractivity contribution in [3.05, 3.63) is 65.5 Å². The molecule has 1 amide bonds. The highest BCUT2D eigenvalue weighted by Crippen LogP contribution is 2.35. The number of hydrogen-bond donors (Lipinski definition) is 2. The van der Waals surface area contributed by atoms with Gasteiger partial charge in [-0.2, -0.15) is 11.8 Å². The second-order valence-corrected chi connectivity index (χ2v) is 10.2. The normalized spacial score (nSPS) is 19.8. The number of aryl methyl sites for hydroxylation is 1. The first-order chi connectivity index (χ1) is 15.9. The van der Waals surface area contributed by atoms with Crippen LogP contribution in [0, 0.1) is 12.7 Å². The smallest absolute Gasteiger partial charge is 0.241 e. The molecule has 0 aliphatic carbocycles. The molecule has 33 heavy (non-hydrogen) atoms. The second-order valence-electron chi connectivity index (χ2n) is 8.79. The van der Waals surface area contributed by atoms with E-state index in [9.17, 15) is 9.18 Å². The van der Waals surface area contributed by atoms with E-state index in [-0.39, 0.29) is 17.8 Å². The van der Waals surface area contributed by atoms with Crippen LogP contribution in [0.1, 0.15) is 30.4 Å². The van der Waals surface area contributed by atoms with Crippen molar-refractivity contribution < 1.29 is 9.18 Å².